The zero-order chi connectivity index (χ0) is 14.6. The zero-order valence-electron chi connectivity index (χ0n) is 10.8. The number of rotatable bonds is 5. The molecule has 0 amide bonds. The Labute approximate surface area is 110 Å². The third-order valence-electron chi connectivity index (χ3n) is 3.03. The molecule has 1 fully saturated rings. The summed E-state index contributed by atoms with van der Waals surface area (Å²) in [5.41, 5.74) is -0.571. The minimum Gasteiger partial charge on any atom is -0.481 e. The van der Waals surface area contributed by atoms with Crippen LogP contribution >= 0.6 is 7.60 Å². The summed E-state index contributed by atoms with van der Waals surface area (Å²) in [5, 5.41) is 8.57. The Bertz CT molecular complexity index is 431. The van der Waals surface area contributed by atoms with Crippen LogP contribution in [-0.4, -0.2) is 28.7 Å². The van der Waals surface area contributed by atoms with E-state index in [0.29, 0.717) is 6.42 Å². The van der Waals surface area contributed by atoms with Crippen molar-refractivity contribution >= 4 is 25.5 Å². The first-order valence-electron chi connectivity index (χ1n) is 6.06. The quantitative estimate of drug-likeness (QED) is 0.771. The van der Waals surface area contributed by atoms with E-state index in [2.05, 4.69) is 0 Å². The maximum Gasteiger partial charge on any atom is 0.437 e. The monoisotopic (exact) mass is 292 g/mol. The molecule has 3 atom stereocenters. The Morgan fingerprint density at radius 2 is 2.11 bits per heavy atom. The number of carboxylic acids is 1. The third kappa shape index (κ3) is 4.06. The van der Waals surface area contributed by atoms with Gasteiger partial charge in [0, 0.05) is 6.42 Å². The molecule has 19 heavy (non-hydrogen) atoms. The third-order valence-corrected chi connectivity index (χ3v) is 5.37. The van der Waals surface area contributed by atoms with E-state index in [1.54, 1.807) is 13.8 Å². The minimum atomic E-state index is -3.79. The predicted molar refractivity (Wildman–Crippen MR) is 64.5 cm³/mol. The molecular weight excluding hydrogens is 275 g/mol. The van der Waals surface area contributed by atoms with Gasteiger partial charge < -0.3 is 14.2 Å². The molecule has 108 valence electrons. The molecule has 0 aromatic rings. The van der Waals surface area contributed by atoms with E-state index in [4.69, 9.17) is 14.2 Å². The number of aliphatic carboxylic acids is 1. The number of hydrogen-bond acceptors (Lipinski definition) is 6. The van der Waals surface area contributed by atoms with Crippen LogP contribution in [0.25, 0.3) is 0 Å². The highest BCUT2D eigenvalue weighted by Crippen LogP contribution is 2.56. The van der Waals surface area contributed by atoms with Crippen molar-refractivity contribution in [1.82, 2.24) is 0 Å². The molecule has 1 saturated heterocycles. The number of carbonyl (C=O) groups is 3. The molecule has 1 N–H and O–H groups in total. The lowest BCUT2D eigenvalue weighted by atomic mass is 10.00. The van der Waals surface area contributed by atoms with Gasteiger partial charge in [-0.1, -0.05) is 6.92 Å². The van der Waals surface area contributed by atoms with E-state index in [1.165, 1.54) is 0 Å². The van der Waals surface area contributed by atoms with Crippen LogP contribution in [0.4, 0.5) is 0 Å². The van der Waals surface area contributed by atoms with Gasteiger partial charge in [-0.05, 0) is 19.8 Å². The Kier molecular flexibility index (Phi) is 5.11. The molecule has 0 spiro atoms. The fourth-order valence-electron chi connectivity index (χ4n) is 1.60. The number of carboxylic acid groups (broad SMARTS) is 1. The lowest BCUT2D eigenvalue weighted by Gasteiger charge is -2.20. The Morgan fingerprint density at radius 1 is 1.47 bits per heavy atom. The van der Waals surface area contributed by atoms with Gasteiger partial charge >= 0.3 is 25.5 Å². The van der Waals surface area contributed by atoms with E-state index in [0.717, 1.165) is 0 Å². The lowest BCUT2D eigenvalue weighted by molar-refractivity contribution is -0.142. The summed E-state index contributed by atoms with van der Waals surface area (Å²) in [6.07, 6.45) is -0.172. The molecule has 1 aliphatic rings. The Hall–Kier alpha value is -1.36. The van der Waals surface area contributed by atoms with E-state index in [9.17, 15) is 18.9 Å². The van der Waals surface area contributed by atoms with Gasteiger partial charge in [-0.25, -0.2) is 4.57 Å². The van der Waals surface area contributed by atoms with Gasteiger partial charge in [-0.3, -0.25) is 14.4 Å². The zero-order valence-corrected chi connectivity index (χ0v) is 11.7. The second-order valence-corrected chi connectivity index (χ2v) is 6.83. The van der Waals surface area contributed by atoms with E-state index in [1.807, 2.05) is 0 Å². The summed E-state index contributed by atoms with van der Waals surface area (Å²) < 4.78 is 21.9. The molecule has 1 rings (SSSR count). The SMILES string of the molecule is CCC(C)P1(=O)OC(=O)CC(CCC(=O)O)C(=O)O1. The van der Waals surface area contributed by atoms with Crippen LogP contribution in [-0.2, 0) is 28.0 Å². The second kappa shape index (κ2) is 6.19. The van der Waals surface area contributed by atoms with Crippen molar-refractivity contribution in [2.75, 3.05) is 0 Å². The average molecular weight is 292 g/mol. The number of hydrogen-bond donors (Lipinski definition) is 1. The maximum absolute atomic E-state index is 12.3. The molecule has 1 heterocycles. The molecule has 1 aliphatic heterocycles. The fraction of sp³-hybridized carbons (Fsp3) is 0.727. The topological polar surface area (TPSA) is 107 Å². The predicted octanol–water partition coefficient (Wildman–Crippen LogP) is 1.95. The van der Waals surface area contributed by atoms with Crippen molar-refractivity contribution in [1.29, 1.82) is 0 Å². The van der Waals surface area contributed by atoms with E-state index in [-0.39, 0.29) is 19.3 Å². The van der Waals surface area contributed by atoms with Crippen molar-refractivity contribution in [2.24, 2.45) is 5.92 Å². The molecule has 7 nitrogen and oxygen atoms in total. The van der Waals surface area contributed by atoms with Crippen LogP contribution in [0.15, 0.2) is 0 Å². The molecule has 0 saturated carbocycles. The van der Waals surface area contributed by atoms with Gasteiger partial charge in [-0.2, -0.15) is 0 Å². The highest BCUT2D eigenvalue weighted by Gasteiger charge is 2.44. The van der Waals surface area contributed by atoms with Crippen molar-refractivity contribution in [3.8, 4) is 0 Å². The molecule has 0 aliphatic carbocycles. The largest absolute Gasteiger partial charge is 0.481 e. The molecule has 0 radical (unpaired) electrons. The van der Waals surface area contributed by atoms with Crippen LogP contribution in [0.3, 0.4) is 0 Å². The molecule has 8 heteroatoms. The van der Waals surface area contributed by atoms with Gasteiger partial charge in [0.05, 0.1) is 18.0 Å². The first-order chi connectivity index (χ1) is 8.78. The van der Waals surface area contributed by atoms with Crippen LogP contribution in [0.1, 0.15) is 39.5 Å². The van der Waals surface area contributed by atoms with Gasteiger partial charge in [0.15, 0.2) is 0 Å². The van der Waals surface area contributed by atoms with Crippen molar-refractivity contribution in [3.63, 3.8) is 0 Å². The van der Waals surface area contributed by atoms with Crippen molar-refractivity contribution in [2.45, 2.75) is 45.2 Å². The van der Waals surface area contributed by atoms with E-state index < -0.39 is 37.1 Å². The van der Waals surface area contributed by atoms with E-state index >= 15 is 0 Å². The summed E-state index contributed by atoms with van der Waals surface area (Å²) in [6.45, 7) is 3.30. The van der Waals surface area contributed by atoms with Gasteiger partial charge in [0.1, 0.15) is 0 Å². The molecule has 0 bridgehead atoms. The van der Waals surface area contributed by atoms with Crippen LogP contribution in [0, 0.1) is 5.92 Å². The van der Waals surface area contributed by atoms with Gasteiger partial charge in [0.25, 0.3) is 0 Å². The smallest absolute Gasteiger partial charge is 0.437 e. The maximum atomic E-state index is 12.3. The fourth-order valence-corrected chi connectivity index (χ4v) is 3.21. The van der Waals surface area contributed by atoms with Gasteiger partial charge in [-0.15, -0.1) is 0 Å². The Morgan fingerprint density at radius 3 is 2.63 bits per heavy atom. The summed E-state index contributed by atoms with van der Waals surface area (Å²) in [7, 11) is -3.79. The summed E-state index contributed by atoms with van der Waals surface area (Å²) >= 11 is 0. The molecule has 0 aromatic heterocycles. The summed E-state index contributed by atoms with van der Waals surface area (Å²) in [4.78, 5) is 33.8. The minimum absolute atomic E-state index is 0.0379. The first kappa shape index (κ1) is 15.7. The molecular formula is C11H17O7P. The number of carbonyl (C=O) groups excluding carboxylic acids is 2. The molecule has 0 aromatic carbocycles. The summed E-state index contributed by atoms with van der Waals surface area (Å²) in [5.74, 6) is -3.60. The standard InChI is InChI=1S/C11H17O7P/c1-3-7(2)19(16)17-10(14)6-8(11(15)18-19)4-5-9(12)13/h7-8H,3-6H2,1-2H3,(H,12,13). The van der Waals surface area contributed by atoms with Crippen molar-refractivity contribution < 1.29 is 33.1 Å². The summed E-state index contributed by atoms with van der Waals surface area (Å²) in [6, 6.07) is 0. The van der Waals surface area contributed by atoms with Crippen molar-refractivity contribution in [3.05, 3.63) is 0 Å². The highest BCUT2D eigenvalue weighted by atomic mass is 31.2. The van der Waals surface area contributed by atoms with Crippen LogP contribution in [0.2, 0.25) is 0 Å². The second-order valence-electron chi connectivity index (χ2n) is 4.50. The Balaban J connectivity index is 2.84. The van der Waals surface area contributed by atoms with Crippen LogP contribution < -0.4 is 0 Å². The lowest BCUT2D eigenvalue weighted by Crippen LogP contribution is -2.18. The van der Waals surface area contributed by atoms with Crippen LogP contribution in [0.5, 0.6) is 0 Å². The average Bonchev–Trinajstić information content (AvgIpc) is 2.42. The normalized spacial score (nSPS) is 29.1. The molecule has 3 unspecified atom stereocenters. The first-order valence-corrected chi connectivity index (χ1v) is 7.67. The van der Waals surface area contributed by atoms with Gasteiger partial charge in [0.2, 0.25) is 0 Å². The highest BCUT2D eigenvalue weighted by molar-refractivity contribution is 7.55.